The molecule has 7 heteroatoms. The van der Waals surface area contributed by atoms with Gasteiger partial charge in [-0.15, -0.1) is 0 Å². The summed E-state index contributed by atoms with van der Waals surface area (Å²) in [6.07, 6.45) is 1.89. The summed E-state index contributed by atoms with van der Waals surface area (Å²) < 4.78 is 14.9. The standard InChI is InChI=1S/C13H17N3O4/c1-3-16(7-6-12(17)18-2)9-11-14-13(20-15-11)10-5-4-8-19-10/h4-5,8H,3,6-7,9H2,1-2H3. The van der Waals surface area contributed by atoms with E-state index in [2.05, 4.69) is 14.9 Å². The molecule has 2 rings (SSSR count). The summed E-state index contributed by atoms with van der Waals surface area (Å²) in [6, 6.07) is 3.51. The molecule has 0 amide bonds. The van der Waals surface area contributed by atoms with Crippen LogP contribution in [0.25, 0.3) is 11.7 Å². The van der Waals surface area contributed by atoms with Gasteiger partial charge in [0.1, 0.15) is 0 Å². The Kier molecular flexibility index (Phi) is 4.89. The number of ether oxygens (including phenoxy) is 1. The Bertz CT molecular complexity index is 536. The predicted molar refractivity (Wildman–Crippen MR) is 69.6 cm³/mol. The van der Waals surface area contributed by atoms with E-state index in [9.17, 15) is 4.79 Å². The molecule has 2 aromatic rings. The Morgan fingerprint density at radius 3 is 3.00 bits per heavy atom. The minimum absolute atomic E-state index is 0.229. The zero-order chi connectivity index (χ0) is 14.4. The van der Waals surface area contributed by atoms with Crippen molar-refractivity contribution in [3.63, 3.8) is 0 Å². The average molecular weight is 279 g/mol. The van der Waals surface area contributed by atoms with E-state index < -0.39 is 0 Å². The summed E-state index contributed by atoms with van der Waals surface area (Å²) in [5.74, 6) is 1.23. The van der Waals surface area contributed by atoms with Crippen molar-refractivity contribution in [1.29, 1.82) is 0 Å². The van der Waals surface area contributed by atoms with Gasteiger partial charge in [-0.25, -0.2) is 0 Å². The number of hydrogen-bond donors (Lipinski definition) is 0. The third-order valence-corrected chi connectivity index (χ3v) is 2.87. The number of rotatable bonds is 7. The Labute approximate surface area is 116 Å². The molecule has 0 radical (unpaired) electrons. The summed E-state index contributed by atoms with van der Waals surface area (Å²) in [4.78, 5) is 17.4. The van der Waals surface area contributed by atoms with Gasteiger partial charge in [-0.2, -0.15) is 4.98 Å². The minimum Gasteiger partial charge on any atom is -0.469 e. The fourth-order valence-corrected chi connectivity index (χ4v) is 1.72. The van der Waals surface area contributed by atoms with Crippen molar-refractivity contribution in [2.24, 2.45) is 0 Å². The molecule has 0 fully saturated rings. The van der Waals surface area contributed by atoms with Crippen LogP contribution in [0.5, 0.6) is 0 Å². The van der Waals surface area contributed by atoms with Gasteiger partial charge in [0.2, 0.25) is 0 Å². The first-order valence-electron chi connectivity index (χ1n) is 6.38. The first-order valence-corrected chi connectivity index (χ1v) is 6.38. The number of hydrogen-bond acceptors (Lipinski definition) is 7. The molecule has 0 saturated carbocycles. The zero-order valence-corrected chi connectivity index (χ0v) is 11.5. The quantitative estimate of drug-likeness (QED) is 0.713. The van der Waals surface area contributed by atoms with E-state index in [4.69, 9.17) is 8.94 Å². The molecule has 7 nitrogen and oxygen atoms in total. The van der Waals surface area contributed by atoms with Crippen LogP contribution in [0, 0.1) is 0 Å². The molecule has 0 bridgehead atoms. The predicted octanol–water partition coefficient (Wildman–Crippen LogP) is 1.71. The lowest BCUT2D eigenvalue weighted by molar-refractivity contribution is -0.141. The van der Waals surface area contributed by atoms with Crippen molar-refractivity contribution in [3.8, 4) is 11.7 Å². The molecule has 0 aliphatic heterocycles. The highest BCUT2D eigenvalue weighted by Gasteiger charge is 2.14. The summed E-state index contributed by atoms with van der Waals surface area (Å²) in [7, 11) is 1.38. The molecule has 0 aliphatic rings. The summed E-state index contributed by atoms with van der Waals surface area (Å²) in [5.41, 5.74) is 0. The molecule has 0 aliphatic carbocycles. The number of aromatic nitrogens is 2. The number of carbonyl (C=O) groups excluding carboxylic acids is 1. The first kappa shape index (κ1) is 14.3. The van der Waals surface area contributed by atoms with Crippen molar-refractivity contribution < 1.29 is 18.5 Å². The second-order valence-corrected chi connectivity index (χ2v) is 4.19. The van der Waals surface area contributed by atoms with Gasteiger partial charge < -0.3 is 13.7 Å². The molecule has 20 heavy (non-hydrogen) atoms. The molecular weight excluding hydrogens is 262 g/mol. The van der Waals surface area contributed by atoms with Crippen molar-refractivity contribution in [3.05, 3.63) is 24.2 Å². The molecule has 108 valence electrons. The Morgan fingerprint density at radius 2 is 2.35 bits per heavy atom. The lowest BCUT2D eigenvalue weighted by Crippen LogP contribution is -2.26. The fourth-order valence-electron chi connectivity index (χ4n) is 1.72. The van der Waals surface area contributed by atoms with Crippen LogP contribution in [-0.2, 0) is 16.1 Å². The van der Waals surface area contributed by atoms with Gasteiger partial charge in [-0.1, -0.05) is 12.1 Å². The summed E-state index contributed by atoms with van der Waals surface area (Å²) in [5, 5.41) is 3.90. The van der Waals surface area contributed by atoms with Gasteiger partial charge >= 0.3 is 5.97 Å². The normalized spacial score (nSPS) is 10.9. The molecule has 2 aromatic heterocycles. The maximum absolute atomic E-state index is 11.1. The SMILES string of the molecule is CCN(CCC(=O)OC)Cc1noc(-c2ccco2)n1. The van der Waals surface area contributed by atoms with E-state index in [0.29, 0.717) is 37.0 Å². The number of nitrogens with zero attached hydrogens (tertiary/aromatic N) is 3. The van der Waals surface area contributed by atoms with Gasteiger partial charge in [-0.3, -0.25) is 9.69 Å². The van der Waals surface area contributed by atoms with Crippen molar-refractivity contribution >= 4 is 5.97 Å². The number of furan rings is 1. The monoisotopic (exact) mass is 279 g/mol. The first-order chi connectivity index (χ1) is 9.72. The highest BCUT2D eigenvalue weighted by Crippen LogP contribution is 2.17. The van der Waals surface area contributed by atoms with E-state index in [-0.39, 0.29) is 5.97 Å². The Hall–Kier alpha value is -2.15. The van der Waals surface area contributed by atoms with E-state index >= 15 is 0 Å². The number of methoxy groups -OCH3 is 1. The van der Waals surface area contributed by atoms with Crippen molar-refractivity contribution in [2.75, 3.05) is 20.2 Å². The van der Waals surface area contributed by atoms with Crippen molar-refractivity contribution in [2.45, 2.75) is 19.9 Å². The fraction of sp³-hybridized carbons (Fsp3) is 0.462. The summed E-state index contributed by atoms with van der Waals surface area (Å²) >= 11 is 0. The van der Waals surface area contributed by atoms with Crippen LogP contribution < -0.4 is 0 Å². The van der Waals surface area contributed by atoms with Crippen LogP contribution in [-0.4, -0.2) is 41.2 Å². The third kappa shape index (κ3) is 3.67. The highest BCUT2D eigenvalue weighted by molar-refractivity contribution is 5.69. The molecule has 0 saturated heterocycles. The average Bonchev–Trinajstić information content (AvgIpc) is 3.13. The number of esters is 1. The topological polar surface area (TPSA) is 81.6 Å². The lowest BCUT2D eigenvalue weighted by Gasteiger charge is -2.17. The van der Waals surface area contributed by atoms with Crippen LogP contribution in [0.2, 0.25) is 0 Å². The Morgan fingerprint density at radius 1 is 1.50 bits per heavy atom. The van der Waals surface area contributed by atoms with Crippen LogP contribution in [0.1, 0.15) is 19.2 Å². The zero-order valence-electron chi connectivity index (χ0n) is 11.5. The summed E-state index contributed by atoms with van der Waals surface area (Å²) in [6.45, 7) is 3.89. The van der Waals surface area contributed by atoms with Gasteiger partial charge in [0, 0.05) is 6.54 Å². The van der Waals surface area contributed by atoms with Crippen molar-refractivity contribution in [1.82, 2.24) is 15.0 Å². The lowest BCUT2D eigenvalue weighted by atomic mass is 10.3. The van der Waals surface area contributed by atoms with E-state index in [1.807, 2.05) is 11.8 Å². The molecular formula is C13H17N3O4. The molecule has 0 N–H and O–H groups in total. The van der Waals surface area contributed by atoms with Crippen LogP contribution in [0.3, 0.4) is 0 Å². The number of carbonyl (C=O) groups is 1. The van der Waals surface area contributed by atoms with Crippen LogP contribution in [0.4, 0.5) is 0 Å². The van der Waals surface area contributed by atoms with E-state index in [0.717, 1.165) is 6.54 Å². The maximum Gasteiger partial charge on any atom is 0.306 e. The minimum atomic E-state index is -0.229. The largest absolute Gasteiger partial charge is 0.469 e. The third-order valence-electron chi connectivity index (χ3n) is 2.87. The Balaban J connectivity index is 1.92. The smallest absolute Gasteiger partial charge is 0.306 e. The molecule has 2 heterocycles. The molecule has 0 spiro atoms. The molecule has 0 aromatic carbocycles. The highest BCUT2D eigenvalue weighted by atomic mass is 16.5. The van der Waals surface area contributed by atoms with Gasteiger partial charge in [-0.05, 0) is 18.7 Å². The molecule has 0 unspecified atom stereocenters. The maximum atomic E-state index is 11.1. The van der Waals surface area contributed by atoms with Gasteiger partial charge in [0.25, 0.3) is 5.89 Å². The van der Waals surface area contributed by atoms with Gasteiger partial charge in [0.15, 0.2) is 11.6 Å². The van der Waals surface area contributed by atoms with Crippen LogP contribution >= 0.6 is 0 Å². The van der Waals surface area contributed by atoms with E-state index in [1.54, 1.807) is 18.4 Å². The molecule has 0 atom stereocenters. The van der Waals surface area contributed by atoms with Crippen LogP contribution in [0.15, 0.2) is 27.3 Å². The second-order valence-electron chi connectivity index (χ2n) is 4.19. The van der Waals surface area contributed by atoms with Gasteiger partial charge in [0.05, 0.1) is 26.3 Å². The second kappa shape index (κ2) is 6.85. The van der Waals surface area contributed by atoms with E-state index in [1.165, 1.54) is 7.11 Å².